The third-order valence-corrected chi connectivity index (χ3v) is 4.88. The molecule has 0 aromatic heterocycles. The van der Waals surface area contributed by atoms with E-state index < -0.39 is 17.8 Å². The van der Waals surface area contributed by atoms with E-state index in [2.05, 4.69) is 5.32 Å². The lowest BCUT2D eigenvalue weighted by Crippen LogP contribution is -2.29. The third kappa shape index (κ3) is 2.97. The quantitative estimate of drug-likeness (QED) is 0.912. The normalized spacial score (nSPS) is 24.3. The van der Waals surface area contributed by atoms with E-state index in [9.17, 15) is 18.0 Å². The highest BCUT2D eigenvalue weighted by Gasteiger charge is 2.42. The zero-order chi connectivity index (χ0) is 16.6. The number of carbonyl (C=O) groups is 1. The van der Waals surface area contributed by atoms with Crippen molar-refractivity contribution in [3.8, 4) is 0 Å². The second-order valence-electron chi connectivity index (χ2n) is 5.22. The van der Waals surface area contributed by atoms with Gasteiger partial charge in [-0.1, -0.05) is 18.2 Å². The van der Waals surface area contributed by atoms with E-state index in [-0.39, 0.29) is 28.1 Å². The Morgan fingerprint density at radius 1 is 1.35 bits per heavy atom. The van der Waals surface area contributed by atoms with Crippen LogP contribution in [-0.4, -0.2) is 24.2 Å². The molecule has 122 valence electrons. The molecule has 0 saturated carbocycles. The van der Waals surface area contributed by atoms with Crippen molar-refractivity contribution in [3.63, 3.8) is 0 Å². The van der Waals surface area contributed by atoms with Gasteiger partial charge in [0.05, 0.1) is 16.4 Å². The molecule has 2 aliphatic rings. The summed E-state index contributed by atoms with van der Waals surface area (Å²) in [6.07, 6.45) is -2.48. The molecule has 0 amide bonds. The minimum atomic E-state index is -4.45. The van der Waals surface area contributed by atoms with E-state index in [1.54, 1.807) is 7.05 Å². The number of nitrogens with one attached hydrogen (secondary N) is 1. The Bertz CT molecular complexity index is 689. The summed E-state index contributed by atoms with van der Waals surface area (Å²) in [5.41, 5.74) is -0.394. The summed E-state index contributed by atoms with van der Waals surface area (Å²) in [4.78, 5) is 12.7. The minimum Gasteiger partial charge on any atom is -0.466 e. The predicted octanol–water partition coefficient (Wildman–Crippen LogP) is 3.58. The van der Waals surface area contributed by atoms with E-state index in [0.717, 1.165) is 12.1 Å². The largest absolute Gasteiger partial charge is 0.466 e. The fourth-order valence-electron chi connectivity index (χ4n) is 2.64. The van der Waals surface area contributed by atoms with Gasteiger partial charge in [0.1, 0.15) is 0 Å². The van der Waals surface area contributed by atoms with Gasteiger partial charge in [0.25, 0.3) is 0 Å². The third-order valence-electron chi connectivity index (χ3n) is 3.74. The number of ether oxygens (including phenoxy) is 1. The summed E-state index contributed by atoms with van der Waals surface area (Å²) in [6.45, 7) is 0. The summed E-state index contributed by atoms with van der Waals surface area (Å²) in [7, 11) is 1.58. The molecule has 1 N–H and O–H groups in total. The first-order chi connectivity index (χ1) is 10.9. The van der Waals surface area contributed by atoms with Crippen LogP contribution in [-0.2, 0) is 15.7 Å². The molecule has 0 radical (unpaired) electrons. The maximum Gasteiger partial charge on any atom is 0.416 e. The highest BCUT2D eigenvalue weighted by atomic mass is 32.2. The lowest BCUT2D eigenvalue weighted by atomic mass is 9.97. The molecule has 0 fully saturated rings. The van der Waals surface area contributed by atoms with Crippen molar-refractivity contribution in [2.45, 2.75) is 24.0 Å². The van der Waals surface area contributed by atoms with Gasteiger partial charge < -0.3 is 10.1 Å². The predicted molar refractivity (Wildman–Crippen MR) is 82.4 cm³/mol. The first-order valence-corrected chi connectivity index (χ1v) is 7.97. The van der Waals surface area contributed by atoms with Gasteiger partial charge in [-0.3, -0.25) is 4.79 Å². The molecule has 3 nitrogen and oxygen atoms in total. The molecule has 2 aliphatic heterocycles. The van der Waals surface area contributed by atoms with E-state index in [1.807, 2.05) is 11.5 Å². The molecular weight excluding hydrogens is 327 g/mol. The smallest absolute Gasteiger partial charge is 0.416 e. The SMILES string of the molecule is CNC1=C(c2cccc(C(F)(F)F)c2)C(=O)C(C2CC=CS2)O1. The number of carbonyl (C=O) groups excluding carboxylic acids is 1. The monoisotopic (exact) mass is 341 g/mol. The van der Waals surface area contributed by atoms with Gasteiger partial charge >= 0.3 is 6.18 Å². The lowest BCUT2D eigenvalue weighted by molar-refractivity contribution is -0.137. The molecule has 0 spiro atoms. The summed E-state index contributed by atoms with van der Waals surface area (Å²) in [5, 5.41) is 4.64. The maximum atomic E-state index is 12.9. The molecule has 0 aliphatic carbocycles. The second-order valence-corrected chi connectivity index (χ2v) is 6.37. The highest BCUT2D eigenvalue weighted by Crippen LogP contribution is 2.38. The van der Waals surface area contributed by atoms with Crippen LogP contribution in [0.4, 0.5) is 13.2 Å². The van der Waals surface area contributed by atoms with Crippen LogP contribution in [0, 0.1) is 0 Å². The Labute approximate surface area is 135 Å². The Morgan fingerprint density at radius 3 is 2.74 bits per heavy atom. The molecule has 1 aromatic carbocycles. The number of thioether (sulfide) groups is 1. The number of hydrogen-bond donors (Lipinski definition) is 1. The topological polar surface area (TPSA) is 38.3 Å². The van der Waals surface area contributed by atoms with Crippen LogP contribution in [0.25, 0.3) is 5.57 Å². The number of halogens is 3. The zero-order valence-corrected chi connectivity index (χ0v) is 13.0. The average molecular weight is 341 g/mol. The van der Waals surface area contributed by atoms with E-state index in [4.69, 9.17) is 4.74 Å². The van der Waals surface area contributed by atoms with Gasteiger partial charge in [0.15, 0.2) is 12.0 Å². The van der Waals surface area contributed by atoms with Crippen LogP contribution in [0.15, 0.2) is 41.6 Å². The number of rotatable bonds is 3. The summed E-state index contributed by atoms with van der Waals surface area (Å²) >= 11 is 1.50. The Kier molecular flexibility index (Phi) is 4.14. The Balaban J connectivity index is 1.95. The van der Waals surface area contributed by atoms with Gasteiger partial charge in [0.2, 0.25) is 5.78 Å². The number of hydrogen-bond acceptors (Lipinski definition) is 4. The molecule has 2 heterocycles. The molecule has 2 atom stereocenters. The average Bonchev–Trinajstić information content (AvgIpc) is 3.13. The number of allylic oxidation sites excluding steroid dienone is 1. The van der Waals surface area contributed by atoms with Crippen LogP contribution >= 0.6 is 11.8 Å². The molecule has 0 saturated heterocycles. The van der Waals surface area contributed by atoms with Crippen molar-refractivity contribution < 1.29 is 22.7 Å². The molecule has 3 rings (SSSR count). The Morgan fingerprint density at radius 2 is 2.13 bits per heavy atom. The van der Waals surface area contributed by atoms with Crippen molar-refractivity contribution in [1.29, 1.82) is 0 Å². The standard InChI is InChI=1S/C16H14F3NO2S/c1-20-15-12(9-4-2-5-10(8-9)16(17,18)19)13(21)14(22-15)11-6-3-7-23-11/h2-5,7-8,11,14,20H,6H2,1H3. The first kappa shape index (κ1) is 16.0. The van der Waals surface area contributed by atoms with Crippen molar-refractivity contribution >= 4 is 23.1 Å². The molecule has 7 heteroatoms. The number of Topliss-reactive ketones (excluding diaryl/α,β-unsaturated/α-hetero) is 1. The van der Waals surface area contributed by atoms with Crippen LogP contribution in [0.1, 0.15) is 17.5 Å². The molecule has 2 unspecified atom stereocenters. The summed E-state index contributed by atoms with van der Waals surface area (Å²) in [6, 6.07) is 4.75. The van der Waals surface area contributed by atoms with Crippen LogP contribution in [0.3, 0.4) is 0 Å². The molecular formula is C16H14F3NO2S. The van der Waals surface area contributed by atoms with Crippen LogP contribution < -0.4 is 5.32 Å². The van der Waals surface area contributed by atoms with Crippen LogP contribution in [0.2, 0.25) is 0 Å². The first-order valence-electron chi connectivity index (χ1n) is 7.03. The van der Waals surface area contributed by atoms with Gasteiger partial charge in [-0.05, 0) is 29.5 Å². The van der Waals surface area contributed by atoms with Crippen molar-refractivity contribution in [2.75, 3.05) is 7.05 Å². The van der Waals surface area contributed by atoms with Gasteiger partial charge in [-0.2, -0.15) is 13.2 Å². The van der Waals surface area contributed by atoms with E-state index in [0.29, 0.717) is 6.42 Å². The van der Waals surface area contributed by atoms with Crippen molar-refractivity contribution in [2.24, 2.45) is 0 Å². The van der Waals surface area contributed by atoms with Gasteiger partial charge in [-0.25, -0.2) is 0 Å². The van der Waals surface area contributed by atoms with Crippen LogP contribution in [0.5, 0.6) is 0 Å². The second kappa shape index (κ2) is 5.96. The minimum absolute atomic E-state index is 0.0471. The van der Waals surface area contributed by atoms with Crippen molar-refractivity contribution in [1.82, 2.24) is 5.32 Å². The fraction of sp³-hybridized carbons (Fsp3) is 0.312. The molecule has 0 bridgehead atoms. The maximum absolute atomic E-state index is 12.9. The molecule has 23 heavy (non-hydrogen) atoms. The molecule has 1 aromatic rings. The van der Waals surface area contributed by atoms with Crippen molar-refractivity contribution in [3.05, 3.63) is 52.8 Å². The van der Waals surface area contributed by atoms with E-state index in [1.165, 1.54) is 23.9 Å². The highest BCUT2D eigenvalue weighted by molar-refractivity contribution is 8.03. The van der Waals surface area contributed by atoms with Gasteiger partial charge in [-0.15, -0.1) is 11.8 Å². The van der Waals surface area contributed by atoms with E-state index >= 15 is 0 Å². The lowest BCUT2D eigenvalue weighted by Gasteiger charge is -2.16. The number of alkyl halides is 3. The zero-order valence-electron chi connectivity index (χ0n) is 12.2. The summed E-state index contributed by atoms with van der Waals surface area (Å²) < 4.78 is 44.4. The fourth-order valence-corrected chi connectivity index (χ4v) is 3.61. The number of benzene rings is 1. The summed E-state index contributed by atoms with van der Waals surface area (Å²) in [5.74, 6) is -0.0540. The van der Waals surface area contributed by atoms with Gasteiger partial charge in [0, 0.05) is 7.05 Å². The Hall–Kier alpha value is -1.89. The number of ketones is 1.